The fourth-order valence-electron chi connectivity index (χ4n) is 3.73. The molecule has 28 heavy (non-hydrogen) atoms. The van der Waals surface area contributed by atoms with Crippen LogP contribution >= 0.6 is 24.0 Å². The lowest BCUT2D eigenvalue weighted by Gasteiger charge is -2.34. The third-order valence-corrected chi connectivity index (χ3v) is 5.20. The number of aryl methyl sites for hydroxylation is 1. The highest BCUT2D eigenvalue weighted by Crippen LogP contribution is 2.23. The monoisotopic (exact) mass is 502 g/mol. The van der Waals surface area contributed by atoms with Gasteiger partial charge in [-0.3, -0.25) is 9.89 Å². The summed E-state index contributed by atoms with van der Waals surface area (Å²) in [5.41, 5.74) is 2.62. The molecule has 2 N–H and O–H groups in total. The lowest BCUT2D eigenvalue weighted by atomic mass is 10.0. The van der Waals surface area contributed by atoms with Crippen LogP contribution in [0.1, 0.15) is 36.9 Å². The van der Waals surface area contributed by atoms with Crippen molar-refractivity contribution in [3.63, 3.8) is 0 Å². The number of benzene rings is 1. The van der Waals surface area contributed by atoms with Crippen molar-refractivity contribution >= 4 is 29.9 Å². The maximum absolute atomic E-state index is 5.72. The van der Waals surface area contributed by atoms with Crippen molar-refractivity contribution in [2.24, 2.45) is 4.99 Å². The molecule has 7 heteroatoms. The van der Waals surface area contributed by atoms with Crippen LogP contribution in [0, 0.1) is 6.92 Å². The van der Waals surface area contributed by atoms with Crippen molar-refractivity contribution < 1.29 is 9.47 Å². The summed E-state index contributed by atoms with van der Waals surface area (Å²) in [4.78, 5) is 7.40. The van der Waals surface area contributed by atoms with Crippen molar-refractivity contribution in [1.29, 1.82) is 0 Å². The van der Waals surface area contributed by atoms with Crippen LogP contribution < -0.4 is 10.6 Å². The highest BCUT2D eigenvalue weighted by molar-refractivity contribution is 14.0. The molecule has 0 spiro atoms. The molecule has 1 aromatic rings. The quantitative estimate of drug-likeness (QED) is 0.341. The minimum atomic E-state index is 0. The Labute approximate surface area is 186 Å². The Morgan fingerprint density at radius 3 is 2.75 bits per heavy atom. The predicted molar refractivity (Wildman–Crippen MR) is 125 cm³/mol. The molecule has 0 bridgehead atoms. The third kappa shape index (κ3) is 7.17. The van der Waals surface area contributed by atoms with E-state index in [1.54, 1.807) is 0 Å². The molecule has 2 atom stereocenters. The summed E-state index contributed by atoms with van der Waals surface area (Å²) in [5.74, 6) is 0.874. The molecule has 2 fully saturated rings. The Kier molecular flexibility index (Phi) is 10.5. The van der Waals surface area contributed by atoms with E-state index in [9.17, 15) is 0 Å². The van der Waals surface area contributed by atoms with E-state index in [0.717, 1.165) is 71.3 Å². The summed E-state index contributed by atoms with van der Waals surface area (Å²) in [7, 11) is 0. The summed E-state index contributed by atoms with van der Waals surface area (Å²) in [6, 6.07) is 9.06. The Morgan fingerprint density at radius 1 is 1.25 bits per heavy atom. The van der Waals surface area contributed by atoms with Gasteiger partial charge in [-0.25, -0.2) is 0 Å². The topological polar surface area (TPSA) is 58.1 Å². The number of hydrogen-bond acceptors (Lipinski definition) is 4. The second-order valence-corrected chi connectivity index (χ2v) is 7.31. The summed E-state index contributed by atoms with van der Waals surface area (Å²) in [5, 5.41) is 6.82. The number of rotatable bonds is 7. The van der Waals surface area contributed by atoms with Crippen LogP contribution in [0.25, 0.3) is 0 Å². The number of ether oxygens (including phenoxy) is 2. The molecule has 3 rings (SSSR count). The van der Waals surface area contributed by atoms with Gasteiger partial charge in [0.15, 0.2) is 5.96 Å². The van der Waals surface area contributed by atoms with Gasteiger partial charge in [-0.05, 0) is 32.3 Å². The maximum Gasteiger partial charge on any atom is 0.191 e. The minimum absolute atomic E-state index is 0. The first kappa shape index (κ1) is 23.4. The summed E-state index contributed by atoms with van der Waals surface area (Å²) < 4.78 is 11.3. The standard InChI is InChI=1S/C21H34N4O2.HI/c1-3-22-21(23-15-19-8-5-11-27-19)24-16-20(25-9-12-26-13-10-25)18-7-4-6-17(2)14-18;/h4,6-7,14,19-20H,3,5,8-13,15-16H2,1-2H3,(H2,22,23,24);1H. The average molecular weight is 502 g/mol. The highest BCUT2D eigenvalue weighted by atomic mass is 127. The molecule has 0 saturated carbocycles. The normalized spacial score (nSPS) is 21.8. The van der Waals surface area contributed by atoms with E-state index in [2.05, 4.69) is 53.6 Å². The van der Waals surface area contributed by atoms with Crippen LogP contribution in [-0.2, 0) is 9.47 Å². The van der Waals surface area contributed by atoms with Gasteiger partial charge >= 0.3 is 0 Å². The summed E-state index contributed by atoms with van der Waals surface area (Å²) in [6.07, 6.45) is 2.60. The SMILES string of the molecule is CCNC(=NCC(c1cccc(C)c1)N1CCOCC1)NCC1CCCO1.I. The van der Waals surface area contributed by atoms with Crippen molar-refractivity contribution in [3.05, 3.63) is 35.4 Å². The maximum atomic E-state index is 5.72. The molecule has 158 valence electrons. The molecule has 2 unspecified atom stereocenters. The van der Waals surface area contributed by atoms with E-state index in [1.807, 2.05) is 0 Å². The minimum Gasteiger partial charge on any atom is -0.379 e. The lowest BCUT2D eigenvalue weighted by molar-refractivity contribution is 0.0179. The van der Waals surface area contributed by atoms with E-state index in [0.29, 0.717) is 6.10 Å². The van der Waals surface area contributed by atoms with Gasteiger partial charge in [0.05, 0.1) is 31.9 Å². The van der Waals surface area contributed by atoms with Crippen molar-refractivity contribution in [2.45, 2.75) is 38.8 Å². The van der Waals surface area contributed by atoms with Crippen LogP contribution in [0.2, 0.25) is 0 Å². The predicted octanol–water partition coefficient (Wildman–Crippen LogP) is 2.72. The molecule has 1 aromatic carbocycles. The van der Waals surface area contributed by atoms with Gasteiger partial charge in [0.1, 0.15) is 0 Å². The Balaban J connectivity index is 0.00000280. The number of morpholine rings is 1. The lowest BCUT2D eigenvalue weighted by Crippen LogP contribution is -2.43. The Bertz CT molecular complexity index is 602. The molecule has 2 heterocycles. The largest absolute Gasteiger partial charge is 0.379 e. The Morgan fingerprint density at radius 2 is 2.07 bits per heavy atom. The zero-order valence-corrected chi connectivity index (χ0v) is 19.5. The van der Waals surface area contributed by atoms with Crippen molar-refractivity contribution in [1.82, 2.24) is 15.5 Å². The fourth-order valence-corrected chi connectivity index (χ4v) is 3.73. The second-order valence-electron chi connectivity index (χ2n) is 7.31. The van der Waals surface area contributed by atoms with Gasteiger partial charge in [0.2, 0.25) is 0 Å². The molecule has 0 aromatic heterocycles. The molecular weight excluding hydrogens is 467 g/mol. The Hall–Kier alpha value is -0.900. The van der Waals surface area contributed by atoms with Crippen LogP contribution in [0.3, 0.4) is 0 Å². The number of hydrogen-bond donors (Lipinski definition) is 2. The zero-order valence-electron chi connectivity index (χ0n) is 17.2. The van der Waals surface area contributed by atoms with Crippen LogP contribution in [0.15, 0.2) is 29.3 Å². The van der Waals surface area contributed by atoms with Crippen LogP contribution in [-0.4, -0.2) is 69.5 Å². The van der Waals surface area contributed by atoms with E-state index < -0.39 is 0 Å². The molecule has 6 nitrogen and oxygen atoms in total. The number of nitrogens with zero attached hydrogens (tertiary/aromatic N) is 2. The molecule has 2 aliphatic heterocycles. The fraction of sp³-hybridized carbons (Fsp3) is 0.667. The molecule has 0 aliphatic carbocycles. The van der Waals surface area contributed by atoms with Crippen molar-refractivity contribution in [3.8, 4) is 0 Å². The van der Waals surface area contributed by atoms with Crippen LogP contribution in [0.5, 0.6) is 0 Å². The van der Waals surface area contributed by atoms with E-state index in [4.69, 9.17) is 14.5 Å². The third-order valence-electron chi connectivity index (χ3n) is 5.20. The van der Waals surface area contributed by atoms with Gasteiger partial charge in [0, 0.05) is 32.8 Å². The van der Waals surface area contributed by atoms with Gasteiger partial charge < -0.3 is 20.1 Å². The van der Waals surface area contributed by atoms with Gasteiger partial charge in [-0.1, -0.05) is 29.8 Å². The van der Waals surface area contributed by atoms with Crippen molar-refractivity contribution in [2.75, 3.05) is 52.5 Å². The smallest absolute Gasteiger partial charge is 0.191 e. The van der Waals surface area contributed by atoms with Gasteiger partial charge in [-0.15, -0.1) is 24.0 Å². The average Bonchev–Trinajstić information content (AvgIpc) is 3.21. The first-order valence-corrected chi connectivity index (χ1v) is 10.3. The van der Waals surface area contributed by atoms with Gasteiger partial charge in [-0.2, -0.15) is 0 Å². The second kappa shape index (κ2) is 12.6. The number of halogens is 1. The summed E-state index contributed by atoms with van der Waals surface area (Å²) >= 11 is 0. The van der Waals surface area contributed by atoms with E-state index >= 15 is 0 Å². The molecule has 2 saturated heterocycles. The number of nitrogens with one attached hydrogen (secondary N) is 2. The van der Waals surface area contributed by atoms with E-state index in [1.165, 1.54) is 11.1 Å². The first-order valence-electron chi connectivity index (χ1n) is 10.3. The molecule has 0 radical (unpaired) electrons. The molecule has 0 amide bonds. The van der Waals surface area contributed by atoms with E-state index in [-0.39, 0.29) is 30.0 Å². The zero-order chi connectivity index (χ0) is 18.9. The number of guanidine groups is 1. The molecular formula is C21H35IN4O2. The van der Waals surface area contributed by atoms with Gasteiger partial charge in [0.25, 0.3) is 0 Å². The first-order chi connectivity index (χ1) is 13.3. The highest BCUT2D eigenvalue weighted by Gasteiger charge is 2.23. The number of aliphatic imine (C=N–C) groups is 1. The van der Waals surface area contributed by atoms with Crippen LogP contribution in [0.4, 0.5) is 0 Å². The molecule has 2 aliphatic rings. The summed E-state index contributed by atoms with van der Waals surface area (Å²) in [6.45, 7) is 11.0.